The number of benzene rings is 9. The van der Waals surface area contributed by atoms with Crippen molar-refractivity contribution in [1.29, 1.82) is 0 Å². The number of para-hydroxylation sites is 2. The first-order chi connectivity index (χ1) is 32.6. The Morgan fingerprint density at radius 2 is 0.985 bits per heavy atom. The largest absolute Gasteiger partial charge is 0.375 e. The molecular formula is C64H58BN3. The third kappa shape index (κ3) is 6.55. The second kappa shape index (κ2) is 15.1. The summed E-state index contributed by atoms with van der Waals surface area (Å²) in [5.74, 6) is 0. The van der Waals surface area contributed by atoms with Crippen LogP contribution in [0.5, 0.6) is 0 Å². The zero-order valence-electron chi connectivity index (χ0n) is 40.8. The van der Waals surface area contributed by atoms with E-state index < -0.39 is 0 Å². The van der Waals surface area contributed by atoms with Gasteiger partial charge in [0.05, 0.1) is 5.69 Å². The fourth-order valence-electron chi connectivity index (χ4n) is 11.2. The maximum absolute atomic E-state index is 2.72. The van der Waals surface area contributed by atoms with Crippen LogP contribution >= 0.6 is 0 Å². The molecule has 10 aromatic rings. The Morgan fingerprint density at radius 1 is 0.412 bits per heavy atom. The van der Waals surface area contributed by atoms with Gasteiger partial charge in [0, 0.05) is 61.4 Å². The summed E-state index contributed by atoms with van der Waals surface area (Å²) >= 11 is 0. The lowest BCUT2D eigenvalue weighted by Gasteiger charge is -2.42. The molecule has 1 aromatic heterocycles. The lowest BCUT2D eigenvalue weighted by Crippen LogP contribution is -2.56. The van der Waals surface area contributed by atoms with E-state index in [-0.39, 0.29) is 23.1 Å². The van der Waals surface area contributed by atoms with Gasteiger partial charge in [-0.1, -0.05) is 172 Å². The SMILES string of the molecule is CC(C)(C)c1ccc(N2c3cc(N(c4ccccc4)c4ccccc4)ccc3B3c4c2cc2ccccc2c4-c2cc(C(C)(C)C)cc4c5cc(C(C)(C)C)ccc5n3c24)c(-c2ccccc2)c1. The summed E-state index contributed by atoms with van der Waals surface area (Å²) in [4.78, 5) is 5.03. The van der Waals surface area contributed by atoms with E-state index in [0.717, 1.165) is 22.7 Å². The molecule has 0 spiro atoms. The van der Waals surface area contributed by atoms with Gasteiger partial charge in [-0.05, 0) is 145 Å². The van der Waals surface area contributed by atoms with Gasteiger partial charge in [0.15, 0.2) is 0 Å². The molecule has 12 rings (SSSR count). The Bertz CT molecular complexity index is 3580. The van der Waals surface area contributed by atoms with Gasteiger partial charge in [0.1, 0.15) is 0 Å². The molecule has 0 atom stereocenters. The molecule has 2 aliphatic rings. The third-order valence-electron chi connectivity index (χ3n) is 14.8. The van der Waals surface area contributed by atoms with Gasteiger partial charge in [-0.25, -0.2) is 0 Å². The molecule has 4 heteroatoms. The van der Waals surface area contributed by atoms with Crippen molar-refractivity contribution in [3.05, 3.63) is 205 Å². The van der Waals surface area contributed by atoms with Crippen LogP contribution in [0, 0.1) is 0 Å². The van der Waals surface area contributed by atoms with Crippen LogP contribution < -0.4 is 20.7 Å². The van der Waals surface area contributed by atoms with E-state index in [9.17, 15) is 0 Å². The number of hydrogen-bond acceptors (Lipinski definition) is 2. The van der Waals surface area contributed by atoms with Crippen LogP contribution in [-0.4, -0.2) is 11.3 Å². The normalized spacial score (nSPS) is 13.3. The maximum Gasteiger partial charge on any atom is 0.333 e. The lowest BCUT2D eigenvalue weighted by atomic mass is 9.44. The predicted molar refractivity (Wildman–Crippen MR) is 294 cm³/mol. The molecule has 3 nitrogen and oxygen atoms in total. The quantitative estimate of drug-likeness (QED) is 0.160. The first-order valence-corrected chi connectivity index (χ1v) is 24.4. The van der Waals surface area contributed by atoms with Crippen molar-refractivity contribution in [2.75, 3.05) is 9.80 Å². The van der Waals surface area contributed by atoms with Crippen molar-refractivity contribution in [3.8, 4) is 22.3 Å². The Hall–Kier alpha value is -7.30. The van der Waals surface area contributed by atoms with Gasteiger partial charge in [0.25, 0.3) is 0 Å². The summed E-state index contributed by atoms with van der Waals surface area (Å²) in [5, 5.41) is 5.18. The number of nitrogens with zero attached hydrogens (tertiary/aromatic N) is 3. The summed E-state index contributed by atoms with van der Waals surface area (Å²) in [6.07, 6.45) is 0. The van der Waals surface area contributed by atoms with Crippen LogP contribution in [0.15, 0.2) is 188 Å². The predicted octanol–water partition coefficient (Wildman–Crippen LogP) is 16.4. The number of rotatable bonds is 5. The molecule has 2 aliphatic heterocycles. The summed E-state index contributed by atoms with van der Waals surface area (Å²) in [7, 11) is 0. The maximum atomic E-state index is 2.72. The van der Waals surface area contributed by atoms with E-state index in [1.54, 1.807) is 0 Å². The van der Waals surface area contributed by atoms with Crippen molar-refractivity contribution in [1.82, 2.24) is 4.48 Å². The third-order valence-corrected chi connectivity index (χ3v) is 14.8. The average molecular weight is 880 g/mol. The van der Waals surface area contributed by atoms with Crippen molar-refractivity contribution in [2.45, 2.75) is 78.6 Å². The summed E-state index contributed by atoms with van der Waals surface area (Å²) in [6.45, 7) is 20.9. The molecule has 9 aromatic carbocycles. The van der Waals surface area contributed by atoms with Gasteiger partial charge in [0.2, 0.25) is 0 Å². The summed E-state index contributed by atoms with van der Waals surface area (Å²) in [5.41, 5.74) is 21.1. The van der Waals surface area contributed by atoms with Gasteiger partial charge in [-0.3, -0.25) is 0 Å². The number of hydrogen-bond donors (Lipinski definition) is 0. The Morgan fingerprint density at radius 3 is 1.65 bits per heavy atom. The first kappa shape index (κ1) is 42.1. The van der Waals surface area contributed by atoms with E-state index in [4.69, 9.17) is 0 Å². The number of aromatic nitrogens is 1. The Labute approximate surface area is 402 Å². The molecule has 0 N–H and O–H groups in total. The molecule has 0 saturated heterocycles. The second-order valence-electron chi connectivity index (χ2n) is 22.3. The van der Waals surface area contributed by atoms with Gasteiger partial charge in [-0.15, -0.1) is 0 Å². The van der Waals surface area contributed by atoms with Crippen LogP contribution in [-0.2, 0) is 16.2 Å². The fraction of sp³-hybridized carbons (Fsp3) is 0.188. The molecule has 0 fully saturated rings. The van der Waals surface area contributed by atoms with E-state index in [1.165, 1.54) is 93.8 Å². The van der Waals surface area contributed by atoms with Crippen LogP contribution in [0.2, 0.25) is 0 Å². The number of fused-ring (bicyclic) bond motifs is 9. The van der Waals surface area contributed by atoms with Crippen molar-refractivity contribution in [2.24, 2.45) is 0 Å². The van der Waals surface area contributed by atoms with E-state index >= 15 is 0 Å². The minimum absolute atomic E-state index is 0.00365. The fourth-order valence-corrected chi connectivity index (χ4v) is 11.2. The Balaban J connectivity index is 1.26. The topological polar surface area (TPSA) is 11.4 Å². The van der Waals surface area contributed by atoms with Gasteiger partial charge < -0.3 is 14.3 Å². The Kier molecular flexibility index (Phi) is 9.35. The highest BCUT2D eigenvalue weighted by Gasteiger charge is 2.45. The minimum Gasteiger partial charge on any atom is -0.375 e. The van der Waals surface area contributed by atoms with Crippen LogP contribution in [0.4, 0.5) is 34.1 Å². The highest BCUT2D eigenvalue weighted by atomic mass is 15.2. The van der Waals surface area contributed by atoms with Crippen LogP contribution in [0.1, 0.15) is 79.0 Å². The molecule has 0 radical (unpaired) electrons. The zero-order chi connectivity index (χ0) is 46.9. The van der Waals surface area contributed by atoms with Crippen LogP contribution in [0.25, 0.3) is 54.8 Å². The van der Waals surface area contributed by atoms with Gasteiger partial charge >= 0.3 is 6.85 Å². The van der Waals surface area contributed by atoms with Crippen molar-refractivity contribution < 1.29 is 0 Å². The molecule has 0 saturated carbocycles. The van der Waals surface area contributed by atoms with E-state index in [1.807, 2.05) is 0 Å². The van der Waals surface area contributed by atoms with E-state index in [2.05, 4.69) is 265 Å². The minimum atomic E-state index is -0.102. The summed E-state index contributed by atoms with van der Waals surface area (Å²) < 4.78 is 2.72. The number of anilines is 6. The van der Waals surface area contributed by atoms with Gasteiger partial charge in [-0.2, -0.15) is 0 Å². The lowest BCUT2D eigenvalue weighted by molar-refractivity contribution is 0.590. The highest BCUT2D eigenvalue weighted by molar-refractivity contribution is 6.90. The molecule has 0 amide bonds. The smallest absolute Gasteiger partial charge is 0.333 e. The molecule has 0 bridgehead atoms. The van der Waals surface area contributed by atoms with Crippen molar-refractivity contribution in [3.63, 3.8) is 0 Å². The zero-order valence-corrected chi connectivity index (χ0v) is 40.8. The molecule has 0 aliphatic carbocycles. The van der Waals surface area contributed by atoms with E-state index in [0.29, 0.717) is 0 Å². The summed E-state index contributed by atoms with van der Waals surface area (Å²) in [6, 6.07) is 71.1. The molecular weight excluding hydrogens is 822 g/mol. The standard InChI is InChI=1S/C64H58BN3/c1-62(2,3)43-29-33-55(50(36-43)41-21-13-10-14-22-41)67-57-40-48(66(46-24-15-11-16-25-46)47-26-17-12-18-27-47)31-32-54(57)65-60-58(67)35-42-23-19-20-28-49(42)59(60)53-39-45(64(7,8)9)38-52-51-37-44(63(4,5)6)30-34-56(51)68(65)61(52)53/h10-40H,1-9H3. The second-order valence-corrected chi connectivity index (χ2v) is 22.3. The average Bonchev–Trinajstić information content (AvgIpc) is 3.66. The molecule has 68 heavy (non-hydrogen) atoms. The molecule has 0 unspecified atom stereocenters. The monoisotopic (exact) mass is 879 g/mol. The molecule has 3 heterocycles. The molecule has 332 valence electrons. The highest BCUT2D eigenvalue weighted by Crippen LogP contribution is 2.52. The van der Waals surface area contributed by atoms with Crippen LogP contribution in [0.3, 0.4) is 0 Å². The van der Waals surface area contributed by atoms with Crippen molar-refractivity contribution >= 4 is 84.5 Å². The first-order valence-electron chi connectivity index (χ1n) is 24.4.